The third-order valence-corrected chi connectivity index (χ3v) is 3.76. The largest absolute Gasteiger partial charge is 0.467 e. The lowest BCUT2D eigenvalue weighted by Gasteiger charge is -2.16. The second-order valence-electron chi connectivity index (χ2n) is 5.59. The van der Waals surface area contributed by atoms with Crippen LogP contribution in [0, 0.1) is 5.82 Å². The van der Waals surface area contributed by atoms with Gasteiger partial charge in [-0.25, -0.2) is 9.18 Å². The fourth-order valence-corrected chi connectivity index (χ4v) is 2.40. The minimum atomic E-state index is -0.738. The Bertz CT molecular complexity index is 505. The average molecular weight is 323 g/mol. The molecule has 23 heavy (non-hydrogen) atoms. The van der Waals surface area contributed by atoms with Gasteiger partial charge < -0.3 is 10.1 Å². The summed E-state index contributed by atoms with van der Waals surface area (Å²) in [5.41, 5.74) is -0.0654. The highest BCUT2D eigenvalue weighted by molar-refractivity contribution is 5.96. The lowest BCUT2D eigenvalue weighted by molar-refractivity contribution is -0.143. The summed E-state index contributed by atoms with van der Waals surface area (Å²) in [6.07, 6.45) is 7.01. The zero-order valence-corrected chi connectivity index (χ0v) is 13.9. The summed E-state index contributed by atoms with van der Waals surface area (Å²) in [7, 11) is 1.28. The standard InChI is InChI=1S/C18H26FNO3/c1-3-4-5-6-7-8-13-16(18(22)23-2)20-17(21)14-11-9-10-12-15(14)19/h9-12,16H,3-8,13H2,1-2H3,(H,20,21)/t16-/m1/s1. The van der Waals surface area contributed by atoms with E-state index >= 15 is 0 Å². The number of carbonyl (C=O) groups is 2. The number of hydrogen-bond acceptors (Lipinski definition) is 3. The fraction of sp³-hybridized carbons (Fsp3) is 0.556. The maximum Gasteiger partial charge on any atom is 0.328 e. The van der Waals surface area contributed by atoms with E-state index in [2.05, 4.69) is 12.2 Å². The molecule has 0 fully saturated rings. The predicted octanol–water partition coefficient (Wildman–Crippen LogP) is 3.85. The van der Waals surface area contributed by atoms with Crippen LogP contribution in [-0.4, -0.2) is 25.0 Å². The van der Waals surface area contributed by atoms with E-state index in [0.29, 0.717) is 6.42 Å². The number of halogens is 1. The third kappa shape index (κ3) is 6.80. The maximum atomic E-state index is 13.6. The molecular weight excluding hydrogens is 297 g/mol. The van der Waals surface area contributed by atoms with Gasteiger partial charge in [-0.2, -0.15) is 0 Å². The van der Waals surface area contributed by atoms with Crippen LogP contribution in [0.2, 0.25) is 0 Å². The van der Waals surface area contributed by atoms with E-state index in [9.17, 15) is 14.0 Å². The number of benzene rings is 1. The highest BCUT2D eigenvalue weighted by Gasteiger charge is 2.22. The number of ether oxygens (including phenoxy) is 1. The van der Waals surface area contributed by atoms with Crippen molar-refractivity contribution in [2.45, 2.75) is 57.9 Å². The van der Waals surface area contributed by atoms with E-state index < -0.39 is 23.7 Å². The van der Waals surface area contributed by atoms with Crippen molar-refractivity contribution in [2.75, 3.05) is 7.11 Å². The van der Waals surface area contributed by atoms with Gasteiger partial charge in [-0.3, -0.25) is 4.79 Å². The van der Waals surface area contributed by atoms with Crippen molar-refractivity contribution in [2.24, 2.45) is 0 Å². The normalized spacial score (nSPS) is 11.8. The lowest BCUT2D eigenvalue weighted by Crippen LogP contribution is -2.41. The highest BCUT2D eigenvalue weighted by Crippen LogP contribution is 2.11. The summed E-state index contributed by atoms with van der Waals surface area (Å²) in [5.74, 6) is -1.69. The van der Waals surface area contributed by atoms with Gasteiger partial charge in [0.15, 0.2) is 0 Å². The second kappa shape index (κ2) is 10.8. The third-order valence-electron chi connectivity index (χ3n) is 3.76. The number of rotatable bonds is 10. The second-order valence-corrected chi connectivity index (χ2v) is 5.59. The van der Waals surface area contributed by atoms with Crippen molar-refractivity contribution in [3.63, 3.8) is 0 Å². The molecule has 5 heteroatoms. The van der Waals surface area contributed by atoms with Gasteiger partial charge in [0.2, 0.25) is 0 Å². The van der Waals surface area contributed by atoms with Gasteiger partial charge in [-0.1, -0.05) is 57.6 Å². The van der Waals surface area contributed by atoms with E-state index in [0.717, 1.165) is 19.3 Å². The molecule has 1 aromatic carbocycles. The first-order valence-electron chi connectivity index (χ1n) is 8.23. The summed E-state index contributed by atoms with van der Waals surface area (Å²) < 4.78 is 18.3. The Morgan fingerprint density at radius 2 is 1.78 bits per heavy atom. The number of esters is 1. The van der Waals surface area contributed by atoms with Gasteiger partial charge in [0.05, 0.1) is 12.7 Å². The molecule has 0 spiro atoms. The van der Waals surface area contributed by atoms with Crippen LogP contribution in [0.5, 0.6) is 0 Å². The molecule has 4 nitrogen and oxygen atoms in total. The predicted molar refractivity (Wildman–Crippen MR) is 87.7 cm³/mol. The molecule has 1 rings (SSSR count). The van der Waals surface area contributed by atoms with Crippen molar-refractivity contribution in [1.82, 2.24) is 5.32 Å². The molecule has 0 saturated carbocycles. The van der Waals surface area contributed by atoms with E-state index in [1.165, 1.54) is 44.6 Å². The summed E-state index contributed by atoms with van der Waals surface area (Å²) in [5, 5.41) is 2.57. The first-order chi connectivity index (χ1) is 11.1. The summed E-state index contributed by atoms with van der Waals surface area (Å²) in [6, 6.07) is 4.97. The smallest absolute Gasteiger partial charge is 0.328 e. The summed E-state index contributed by atoms with van der Waals surface area (Å²) in [6.45, 7) is 2.16. The molecule has 0 aliphatic rings. The Balaban J connectivity index is 2.53. The first-order valence-corrected chi connectivity index (χ1v) is 8.23. The number of nitrogens with one attached hydrogen (secondary N) is 1. The van der Waals surface area contributed by atoms with Crippen molar-refractivity contribution in [1.29, 1.82) is 0 Å². The topological polar surface area (TPSA) is 55.4 Å². The molecule has 0 bridgehead atoms. The molecule has 0 saturated heterocycles. The fourth-order valence-electron chi connectivity index (χ4n) is 2.40. The number of amides is 1. The van der Waals surface area contributed by atoms with E-state index in [1.807, 2.05) is 0 Å². The minimum absolute atomic E-state index is 0.0654. The number of carbonyl (C=O) groups excluding carboxylic acids is 2. The van der Waals surface area contributed by atoms with Gasteiger partial charge in [-0.05, 0) is 18.6 Å². The molecule has 0 aromatic heterocycles. The Morgan fingerprint density at radius 3 is 2.43 bits per heavy atom. The van der Waals surface area contributed by atoms with Crippen LogP contribution in [0.3, 0.4) is 0 Å². The molecule has 0 unspecified atom stereocenters. The molecule has 0 heterocycles. The van der Waals surface area contributed by atoms with Crippen LogP contribution >= 0.6 is 0 Å². The first kappa shape index (κ1) is 19.1. The molecule has 0 radical (unpaired) electrons. The molecule has 0 aliphatic heterocycles. The van der Waals surface area contributed by atoms with Gasteiger partial charge in [0.1, 0.15) is 11.9 Å². The Hall–Kier alpha value is -1.91. The maximum absolute atomic E-state index is 13.6. The van der Waals surface area contributed by atoms with Crippen LogP contribution in [0.4, 0.5) is 4.39 Å². The Kier molecular flexibility index (Phi) is 8.95. The van der Waals surface area contributed by atoms with Crippen molar-refractivity contribution < 1.29 is 18.7 Å². The zero-order chi connectivity index (χ0) is 17.1. The monoisotopic (exact) mass is 323 g/mol. The van der Waals surface area contributed by atoms with Crippen LogP contribution in [0.1, 0.15) is 62.2 Å². The van der Waals surface area contributed by atoms with E-state index in [1.54, 1.807) is 6.07 Å². The molecule has 1 amide bonds. The van der Waals surface area contributed by atoms with Gasteiger partial charge in [0.25, 0.3) is 5.91 Å². The zero-order valence-electron chi connectivity index (χ0n) is 13.9. The van der Waals surface area contributed by atoms with Crippen molar-refractivity contribution in [3.05, 3.63) is 35.6 Å². The van der Waals surface area contributed by atoms with Crippen LogP contribution in [0.25, 0.3) is 0 Å². The SMILES string of the molecule is CCCCCCCC[C@@H](NC(=O)c1ccccc1F)C(=O)OC. The molecule has 128 valence electrons. The van der Waals surface area contributed by atoms with Gasteiger partial charge in [-0.15, -0.1) is 0 Å². The lowest BCUT2D eigenvalue weighted by atomic mass is 10.0. The van der Waals surface area contributed by atoms with Gasteiger partial charge >= 0.3 is 5.97 Å². The summed E-state index contributed by atoms with van der Waals surface area (Å²) >= 11 is 0. The molecule has 1 atom stereocenters. The van der Waals surface area contributed by atoms with E-state index in [-0.39, 0.29) is 5.56 Å². The van der Waals surface area contributed by atoms with E-state index in [4.69, 9.17) is 4.74 Å². The quantitative estimate of drug-likeness (QED) is 0.525. The highest BCUT2D eigenvalue weighted by atomic mass is 19.1. The molecular formula is C18H26FNO3. The summed E-state index contributed by atoms with van der Waals surface area (Å²) in [4.78, 5) is 23.9. The number of unbranched alkanes of at least 4 members (excludes halogenated alkanes) is 5. The number of hydrogen-bond donors (Lipinski definition) is 1. The van der Waals surface area contributed by atoms with Crippen molar-refractivity contribution in [3.8, 4) is 0 Å². The van der Waals surface area contributed by atoms with Crippen LogP contribution in [-0.2, 0) is 9.53 Å². The number of methoxy groups -OCH3 is 1. The minimum Gasteiger partial charge on any atom is -0.467 e. The van der Waals surface area contributed by atoms with Crippen LogP contribution < -0.4 is 5.32 Å². The van der Waals surface area contributed by atoms with Gasteiger partial charge in [0, 0.05) is 0 Å². The molecule has 0 aliphatic carbocycles. The molecule has 1 aromatic rings. The van der Waals surface area contributed by atoms with Crippen molar-refractivity contribution >= 4 is 11.9 Å². The Labute approximate surface area is 137 Å². The van der Waals surface area contributed by atoms with Crippen LogP contribution in [0.15, 0.2) is 24.3 Å². The average Bonchev–Trinajstić information content (AvgIpc) is 2.56. The molecule has 1 N–H and O–H groups in total. The Morgan fingerprint density at radius 1 is 1.13 bits per heavy atom.